The van der Waals surface area contributed by atoms with Gasteiger partial charge in [0, 0.05) is 11.7 Å². The highest BCUT2D eigenvalue weighted by molar-refractivity contribution is 8.76. The second-order valence-electron chi connectivity index (χ2n) is 6.66. The number of benzene rings is 1. The van der Waals surface area contributed by atoms with Crippen LogP contribution in [-0.2, 0) is 10.5 Å². The van der Waals surface area contributed by atoms with Crippen LogP contribution in [0, 0.1) is 5.92 Å². The molecule has 26 heavy (non-hydrogen) atoms. The highest BCUT2D eigenvalue weighted by Crippen LogP contribution is 2.40. The zero-order valence-corrected chi connectivity index (χ0v) is 16.6. The molecule has 6 atom stereocenters. The molecule has 1 aromatic carbocycles. The summed E-state index contributed by atoms with van der Waals surface area (Å²) in [6.07, 6.45) is -5.47. The quantitative estimate of drug-likeness (QED) is 0.664. The molecule has 0 radical (unpaired) electrons. The van der Waals surface area contributed by atoms with Gasteiger partial charge in [0.05, 0.1) is 18.1 Å². The highest BCUT2D eigenvalue weighted by Gasteiger charge is 2.41. The van der Waals surface area contributed by atoms with Gasteiger partial charge >= 0.3 is 6.18 Å². The average molecular weight is 411 g/mol. The number of ether oxygens (including phenoxy) is 1. The highest BCUT2D eigenvalue weighted by atomic mass is 33.1. The molecule has 3 nitrogen and oxygen atoms in total. The predicted molar refractivity (Wildman–Crippen MR) is 99.9 cm³/mol. The molecule has 1 aliphatic heterocycles. The third-order valence-corrected chi connectivity index (χ3v) is 7.29. The van der Waals surface area contributed by atoms with Gasteiger partial charge in [-0.25, -0.2) is 0 Å². The van der Waals surface area contributed by atoms with Crippen LogP contribution in [-0.4, -0.2) is 40.1 Å². The fraction of sp³-hybridized carbons (Fsp3) is 0.667. The lowest BCUT2D eigenvalue weighted by atomic mass is 9.90. The summed E-state index contributed by atoms with van der Waals surface area (Å²) < 4.78 is 44.5. The van der Waals surface area contributed by atoms with E-state index in [0.717, 1.165) is 18.9 Å². The Kier molecular flexibility index (Phi) is 7.73. The number of aliphatic hydroxyl groups excluding tert-OH is 2. The normalized spacial score (nSPS) is 31.0. The zero-order chi connectivity index (χ0) is 19.5. The topological polar surface area (TPSA) is 49.7 Å². The first-order valence-electron chi connectivity index (χ1n) is 8.60. The van der Waals surface area contributed by atoms with Gasteiger partial charge in [0.2, 0.25) is 0 Å². The Hall–Kier alpha value is -0.410. The first kappa shape index (κ1) is 21.9. The van der Waals surface area contributed by atoms with Crippen molar-refractivity contribution < 1.29 is 28.1 Å². The number of halogens is 3. The van der Waals surface area contributed by atoms with Crippen LogP contribution in [0.15, 0.2) is 24.3 Å². The van der Waals surface area contributed by atoms with Crippen LogP contribution in [0.25, 0.3) is 0 Å². The maximum atomic E-state index is 12.9. The lowest BCUT2D eigenvalue weighted by Gasteiger charge is -2.40. The second-order valence-corrected chi connectivity index (χ2v) is 9.12. The Bertz CT molecular complexity index is 583. The van der Waals surface area contributed by atoms with Crippen molar-refractivity contribution in [2.75, 3.05) is 0 Å². The fourth-order valence-electron chi connectivity index (χ4n) is 2.93. The van der Waals surface area contributed by atoms with Gasteiger partial charge in [-0.05, 0) is 24.5 Å². The molecule has 0 aromatic heterocycles. The number of aliphatic hydroxyl groups is 2. The van der Waals surface area contributed by atoms with Crippen LogP contribution in [0.3, 0.4) is 0 Å². The van der Waals surface area contributed by atoms with Gasteiger partial charge in [-0.2, -0.15) is 13.2 Å². The third-order valence-electron chi connectivity index (χ3n) is 4.80. The summed E-state index contributed by atoms with van der Waals surface area (Å²) in [4.78, 5) is 0. The molecule has 1 fully saturated rings. The van der Waals surface area contributed by atoms with Gasteiger partial charge in [-0.3, -0.25) is 0 Å². The van der Waals surface area contributed by atoms with E-state index >= 15 is 0 Å². The van der Waals surface area contributed by atoms with Crippen molar-refractivity contribution >= 4 is 21.6 Å². The Morgan fingerprint density at radius 3 is 2.54 bits per heavy atom. The van der Waals surface area contributed by atoms with E-state index in [1.54, 1.807) is 18.2 Å². The molecule has 0 spiro atoms. The molecule has 0 aliphatic carbocycles. The number of rotatable bonds is 6. The van der Waals surface area contributed by atoms with E-state index in [2.05, 4.69) is 0 Å². The van der Waals surface area contributed by atoms with Crippen molar-refractivity contribution in [2.45, 2.75) is 68.8 Å². The van der Waals surface area contributed by atoms with Gasteiger partial charge in [-0.1, -0.05) is 59.7 Å². The number of alkyl halides is 3. The van der Waals surface area contributed by atoms with Crippen molar-refractivity contribution in [1.82, 2.24) is 0 Å². The van der Waals surface area contributed by atoms with Gasteiger partial charge in [0.15, 0.2) is 0 Å². The van der Waals surface area contributed by atoms with Gasteiger partial charge in [-0.15, -0.1) is 0 Å². The lowest BCUT2D eigenvalue weighted by Crippen LogP contribution is -2.51. The molecular formula is C18H25F3O3S2. The van der Waals surface area contributed by atoms with Crippen molar-refractivity contribution in [2.24, 2.45) is 5.92 Å². The minimum atomic E-state index is -4.26. The molecule has 148 valence electrons. The molecule has 1 heterocycles. The third kappa shape index (κ3) is 5.32. The van der Waals surface area contributed by atoms with E-state index < -0.39 is 29.7 Å². The molecular weight excluding hydrogens is 385 g/mol. The Balaban J connectivity index is 1.93. The molecule has 1 aromatic rings. The molecule has 1 aliphatic rings. The predicted octanol–water partition coefficient (Wildman–Crippen LogP) is 4.73. The van der Waals surface area contributed by atoms with Crippen molar-refractivity contribution in [3.8, 4) is 0 Å². The monoisotopic (exact) mass is 410 g/mol. The smallest absolute Gasteiger partial charge is 0.390 e. The maximum Gasteiger partial charge on any atom is 0.395 e. The summed E-state index contributed by atoms with van der Waals surface area (Å²) in [5.74, 6) is -1.17. The van der Waals surface area contributed by atoms with Crippen molar-refractivity contribution in [3.63, 3.8) is 0 Å². The van der Waals surface area contributed by atoms with Crippen LogP contribution < -0.4 is 0 Å². The Labute approximate surface area is 160 Å². The molecule has 4 unspecified atom stereocenters. The largest absolute Gasteiger partial charge is 0.395 e. The van der Waals surface area contributed by atoms with Gasteiger partial charge in [0.25, 0.3) is 0 Å². The molecule has 8 heteroatoms. The van der Waals surface area contributed by atoms with Gasteiger partial charge in [0.1, 0.15) is 11.5 Å². The number of hydrogen-bond acceptors (Lipinski definition) is 5. The van der Waals surface area contributed by atoms with E-state index in [9.17, 15) is 23.4 Å². The van der Waals surface area contributed by atoms with Crippen molar-refractivity contribution in [3.05, 3.63) is 35.4 Å². The summed E-state index contributed by atoms with van der Waals surface area (Å²) >= 11 is 0. The average Bonchev–Trinajstić information content (AvgIpc) is 2.60. The molecule has 2 N–H and O–H groups in total. The minimum Gasteiger partial charge on any atom is -0.390 e. The summed E-state index contributed by atoms with van der Waals surface area (Å²) in [6.45, 7) is 4.97. The standard InChI is InChI=1S/C18H25F3O3S2/c1-4-14-10(2)15(22)16(23)17(24-14)26-25-9-12-6-5-7-13(8-12)11(3)18(19,20)21/h5-8,10-11,14-17,22-23H,4,9H2,1-3H3/t10-,11?,14?,15?,16?,17-/m0/s1. The molecule has 0 saturated carbocycles. The van der Waals surface area contributed by atoms with E-state index in [0.29, 0.717) is 5.75 Å². The minimum absolute atomic E-state index is 0.123. The fourth-order valence-corrected chi connectivity index (χ4v) is 5.40. The molecule has 0 bridgehead atoms. The van der Waals surface area contributed by atoms with Crippen LogP contribution in [0.5, 0.6) is 0 Å². The second kappa shape index (κ2) is 9.19. The van der Waals surface area contributed by atoms with E-state index in [1.165, 1.54) is 27.7 Å². The van der Waals surface area contributed by atoms with Crippen LogP contribution in [0.1, 0.15) is 44.2 Å². The maximum absolute atomic E-state index is 12.9. The molecule has 1 saturated heterocycles. The molecule has 0 amide bonds. The number of hydrogen-bond donors (Lipinski definition) is 2. The first-order chi connectivity index (χ1) is 12.1. The Morgan fingerprint density at radius 1 is 1.23 bits per heavy atom. The van der Waals surface area contributed by atoms with E-state index in [1.807, 2.05) is 13.8 Å². The summed E-state index contributed by atoms with van der Waals surface area (Å²) in [5, 5.41) is 20.3. The van der Waals surface area contributed by atoms with E-state index in [-0.39, 0.29) is 17.6 Å². The summed E-state index contributed by atoms with van der Waals surface area (Å²) in [5.41, 5.74) is 0.459. The summed E-state index contributed by atoms with van der Waals surface area (Å²) in [7, 11) is 2.71. The van der Waals surface area contributed by atoms with Gasteiger partial charge < -0.3 is 14.9 Å². The zero-order valence-electron chi connectivity index (χ0n) is 14.9. The van der Waals surface area contributed by atoms with Crippen LogP contribution >= 0.6 is 21.6 Å². The van der Waals surface area contributed by atoms with Crippen molar-refractivity contribution in [1.29, 1.82) is 0 Å². The van der Waals surface area contributed by atoms with E-state index in [4.69, 9.17) is 4.74 Å². The molecule has 2 rings (SSSR count). The lowest BCUT2D eigenvalue weighted by molar-refractivity contribution is -0.166. The Morgan fingerprint density at radius 2 is 1.92 bits per heavy atom. The SMILES string of the molecule is CCC1O[C@@H](SSCc2cccc(C(C)C(F)(F)F)c2)C(O)C(O)[C@H]1C. The van der Waals surface area contributed by atoms with Crippen LogP contribution in [0.2, 0.25) is 0 Å². The summed E-state index contributed by atoms with van der Waals surface area (Å²) in [6, 6.07) is 6.46. The van der Waals surface area contributed by atoms with Crippen LogP contribution in [0.4, 0.5) is 13.2 Å². The first-order valence-corrected chi connectivity index (χ1v) is 11.0.